The number of carbonyl (C=O) groups is 1. The molecule has 0 spiro atoms. The minimum absolute atomic E-state index is 0.189. The maximum absolute atomic E-state index is 12.3. The molecule has 28 heavy (non-hydrogen) atoms. The normalized spacial score (nSPS) is 11.9. The molecule has 2 aromatic heterocycles. The number of carbonyl (C=O) groups excluding carboxylic acids is 1. The van der Waals surface area contributed by atoms with Crippen molar-refractivity contribution in [2.24, 2.45) is 7.05 Å². The summed E-state index contributed by atoms with van der Waals surface area (Å²) in [6.45, 7) is 1.81. The highest BCUT2D eigenvalue weighted by Crippen LogP contribution is 2.25. The molecule has 7 nitrogen and oxygen atoms in total. The number of nitrogens with zero attached hydrogens (tertiary/aromatic N) is 4. The summed E-state index contributed by atoms with van der Waals surface area (Å²) in [6, 6.07) is 18.4. The van der Waals surface area contributed by atoms with Crippen LogP contribution < -0.4 is 5.32 Å². The third-order valence-electron chi connectivity index (χ3n) is 4.43. The number of nitrogens with one attached hydrogen (secondary N) is 1. The number of hydrogen-bond acceptors (Lipinski definition) is 5. The fraction of sp³-hybridized carbons (Fsp3) is 0.143. The maximum atomic E-state index is 12.3. The summed E-state index contributed by atoms with van der Waals surface area (Å²) in [7, 11) is 1.89. The second-order valence-electron chi connectivity index (χ2n) is 6.44. The molecule has 0 unspecified atom stereocenters. The molecule has 7 heteroatoms. The van der Waals surface area contributed by atoms with Gasteiger partial charge in [-0.25, -0.2) is 0 Å². The molecule has 2 heterocycles. The van der Waals surface area contributed by atoms with Crippen molar-refractivity contribution in [2.45, 2.75) is 13.0 Å². The van der Waals surface area contributed by atoms with Crippen molar-refractivity contribution < 1.29 is 9.32 Å². The van der Waals surface area contributed by atoms with Crippen LogP contribution in [-0.2, 0) is 7.05 Å². The highest BCUT2D eigenvalue weighted by atomic mass is 16.5. The molecule has 0 fully saturated rings. The van der Waals surface area contributed by atoms with E-state index in [0.29, 0.717) is 17.3 Å². The van der Waals surface area contributed by atoms with Crippen LogP contribution in [0.1, 0.15) is 29.2 Å². The quantitative estimate of drug-likeness (QED) is 0.577. The van der Waals surface area contributed by atoms with Gasteiger partial charge in [0.05, 0.1) is 5.69 Å². The lowest BCUT2D eigenvalue weighted by molar-refractivity contribution is 0.0932. The van der Waals surface area contributed by atoms with Crippen LogP contribution >= 0.6 is 0 Å². The van der Waals surface area contributed by atoms with Crippen molar-refractivity contribution in [1.29, 1.82) is 0 Å². The Labute approximate surface area is 162 Å². The van der Waals surface area contributed by atoms with Gasteiger partial charge in [0.1, 0.15) is 6.04 Å². The lowest BCUT2D eigenvalue weighted by atomic mass is 10.1. The van der Waals surface area contributed by atoms with Crippen LogP contribution in [0.15, 0.2) is 71.4 Å². The van der Waals surface area contributed by atoms with E-state index in [-0.39, 0.29) is 5.91 Å². The van der Waals surface area contributed by atoms with Crippen molar-refractivity contribution in [2.75, 3.05) is 0 Å². The zero-order valence-electron chi connectivity index (χ0n) is 15.5. The van der Waals surface area contributed by atoms with E-state index in [2.05, 4.69) is 20.6 Å². The average molecular weight is 373 g/mol. The molecule has 1 atom stereocenters. The van der Waals surface area contributed by atoms with Crippen LogP contribution in [0.2, 0.25) is 0 Å². The molecule has 0 radical (unpaired) electrons. The summed E-state index contributed by atoms with van der Waals surface area (Å²) in [6.07, 6.45) is 1.76. The van der Waals surface area contributed by atoms with Gasteiger partial charge >= 0.3 is 0 Å². The Morgan fingerprint density at radius 1 is 1.07 bits per heavy atom. The summed E-state index contributed by atoms with van der Waals surface area (Å²) >= 11 is 0. The zero-order valence-corrected chi connectivity index (χ0v) is 15.5. The predicted molar refractivity (Wildman–Crippen MR) is 104 cm³/mol. The molecule has 0 bridgehead atoms. The van der Waals surface area contributed by atoms with Crippen LogP contribution in [0.5, 0.6) is 0 Å². The van der Waals surface area contributed by atoms with Gasteiger partial charge in [-0.2, -0.15) is 10.1 Å². The molecule has 140 valence electrons. The molecular formula is C21H19N5O2. The molecule has 4 aromatic rings. The van der Waals surface area contributed by atoms with Gasteiger partial charge in [0.15, 0.2) is 0 Å². The minimum atomic E-state index is -0.408. The fourth-order valence-electron chi connectivity index (χ4n) is 2.93. The first-order valence-corrected chi connectivity index (χ1v) is 8.90. The molecule has 0 saturated carbocycles. The summed E-state index contributed by atoms with van der Waals surface area (Å²) in [5.74, 6) is 0.635. The Balaban J connectivity index is 1.53. The standard InChI is InChI=1S/C21H19N5O2/c1-14(23-20(27)15-7-4-3-5-8-15)21-24-19(25-28-21)17-10-6-9-16(13-17)18-11-12-22-26(18)2/h3-14H,1-2H3,(H,23,27)/t14-/m0/s1. The van der Waals surface area contributed by atoms with Crippen molar-refractivity contribution in [3.8, 4) is 22.6 Å². The summed E-state index contributed by atoms with van der Waals surface area (Å²) < 4.78 is 7.19. The zero-order chi connectivity index (χ0) is 19.5. The molecule has 4 rings (SSSR count). The van der Waals surface area contributed by atoms with Crippen molar-refractivity contribution >= 4 is 5.91 Å². The van der Waals surface area contributed by atoms with Crippen LogP contribution in [-0.4, -0.2) is 25.8 Å². The Morgan fingerprint density at radius 2 is 1.86 bits per heavy atom. The second kappa shape index (κ2) is 7.48. The van der Waals surface area contributed by atoms with Gasteiger partial charge in [-0.15, -0.1) is 0 Å². The lowest BCUT2D eigenvalue weighted by Crippen LogP contribution is -2.26. The van der Waals surface area contributed by atoms with Crippen LogP contribution in [0.4, 0.5) is 0 Å². The molecule has 1 N–H and O–H groups in total. The van der Waals surface area contributed by atoms with Crippen molar-refractivity contribution in [3.63, 3.8) is 0 Å². The van der Waals surface area contributed by atoms with Gasteiger partial charge in [-0.3, -0.25) is 9.48 Å². The highest BCUT2D eigenvalue weighted by molar-refractivity contribution is 5.94. The van der Waals surface area contributed by atoms with E-state index in [1.807, 2.05) is 67.2 Å². The largest absolute Gasteiger partial charge is 0.341 e. The van der Waals surface area contributed by atoms with Crippen molar-refractivity contribution in [3.05, 3.63) is 78.3 Å². The Bertz CT molecular complexity index is 1100. The Kier molecular flexibility index (Phi) is 4.72. The molecule has 2 aromatic carbocycles. The molecule has 0 aliphatic carbocycles. The molecule has 1 amide bonds. The van der Waals surface area contributed by atoms with Gasteiger partial charge in [-0.05, 0) is 31.2 Å². The molecule has 0 saturated heterocycles. The highest BCUT2D eigenvalue weighted by Gasteiger charge is 2.18. The molecule has 0 aliphatic rings. The number of hydrogen-bond donors (Lipinski definition) is 1. The van der Waals surface area contributed by atoms with Crippen LogP contribution in [0.25, 0.3) is 22.6 Å². The third-order valence-corrected chi connectivity index (χ3v) is 4.43. The van der Waals surface area contributed by atoms with E-state index >= 15 is 0 Å². The Morgan fingerprint density at radius 3 is 2.61 bits per heavy atom. The number of benzene rings is 2. The van der Waals surface area contributed by atoms with E-state index in [9.17, 15) is 4.79 Å². The fourth-order valence-corrected chi connectivity index (χ4v) is 2.93. The Hall–Kier alpha value is -3.74. The van der Waals surface area contributed by atoms with E-state index in [1.165, 1.54) is 0 Å². The van der Waals surface area contributed by atoms with Crippen LogP contribution in [0.3, 0.4) is 0 Å². The summed E-state index contributed by atoms with van der Waals surface area (Å²) in [5.41, 5.74) is 3.41. The predicted octanol–water partition coefficient (Wildman–Crippen LogP) is 3.63. The monoisotopic (exact) mass is 373 g/mol. The number of aryl methyl sites for hydroxylation is 1. The molecular weight excluding hydrogens is 354 g/mol. The van der Waals surface area contributed by atoms with E-state index < -0.39 is 6.04 Å². The van der Waals surface area contributed by atoms with Gasteiger partial charge in [0.2, 0.25) is 11.7 Å². The minimum Gasteiger partial charge on any atom is -0.341 e. The number of rotatable bonds is 5. The van der Waals surface area contributed by atoms with E-state index in [0.717, 1.165) is 16.8 Å². The summed E-state index contributed by atoms with van der Waals surface area (Å²) in [4.78, 5) is 16.8. The van der Waals surface area contributed by atoms with E-state index in [1.54, 1.807) is 18.3 Å². The topological polar surface area (TPSA) is 85.8 Å². The number of amides is 1. The van der Waals surface area contributed by atoms with Crippen LogP contribution in [0, 0.1) is 0 Å². The third kappa shape index (κ3) is 3.55. The first kappa shape index (κ1) is 17.7. The van der Waals surface area contributed by atoms with Gasteiger partial charge < -0.3 is 9.84 Å². The number of aromatic nitrogens is 4. The SMILES string of the molecule is C[C@H](NC(=O)c1ccccc1)c1nc(-c2cccc(-c3ccnn3C)c2)no1. The maximum Gasteiger partial charge on any atom is 0.251 e. The van der Waals surface area contributed by atoms with Gasteiger partial charge in [0.25, 0.3) is 5.91 Å². The van der Waals surface area contributed by atoms with Crippen molar-refractivity contribution in [1.82, 2.24) is 25.2 Å². The first-order valence-electron chi connectivity index (χ1n) is 8.90. The van der Waals surface area contributed by atoms with Gasteiger partial charge in [0, 0.05) is 29.9 Å². The smallest absolute Gasteiger partial charge is 0.251 e. The first-order chi connectivity index (χ1) is 13.6. The average Bonchev–Trinajstić information content (AvgIpc) is 3.38. The summed E-state index contributed by atoms with van der Waals surface area (Å²) in [5, 5.41) is 11.1. The van der Waals surface area contributed by atoms with Gasteiger partial charge in [-0.1, -0.05) is 41.6 Å². The molecule has 0 aliphatic heterocycles. The lowest BCUT2D eigenvalue weighted by Gasteiger charge is -2.09. The van der Waals surface area contributed by atoms with E-state index in [4.69, 9.17) is 4.52 Å². The second-order valence-corrected chi connectivity index (χ2v) is 6.44.